The Morgan fingerprint density at radius 1 is 1.60 bits per heavy atom. The maximum atomic E-state index is 10.7. The van der Waals surface area contributed by atoms with Crippen LogP contribution >= 0.6 is 0 Å². The predicted octanol–water partition coefficient (Wildman–Crippen LogP) is -1.27. The van der Waals surface area contributed by atoms with E-state index in [1.54, 1.807) is 0 Å². The van der Waals surface area contributed by atoms with Gasteiger partial charge in [0, 0.05) is 19.3 Å². The van der Waals surface area contributed by atoms with E-state index in [-0.39, 0.29) is 12.5 Å². The Hall–Kier alpha value is -1.63. The van der Waals surface area contributed by atoms with Gasteiger partial charge in [-0.3, -0.25) is 15.1 Å². The lowest BCUT2D eigenvalue weighted by molar-refractivity contribution is -0.139. The summed E-state index contributed by atoms with van der Waals surface area (Å²) in [6.45, 7) is 0.664. The summed E-state index contributed by atoms with van der Waals surface area (Å²) >= 11 is 0. The van der Waals surface area contributed by atoms with E-state index in [4.69, 9.17) is 22.0 Å². The first-order valence-electron chi connectivity index (χ1n) is 4.58. The fourth-order valence-corrected chi connectivity index (χ4v) is 1.02. The molecule has 0 unspecified atom stereocenters. The minimum Gasteiger partial charge on any atom is -0.480 e. The number of hydrogen-bond acceptors (Lipinski definition) is 4. The van der Waals surface area contributed by atoms with Crippen LogP contribution in [0.3, 0.4) is 0 Å². The maximum Gasteiger partial charge on any atom is 0.320 e. The second-order valence-electron chi connectivity index (χ2n) is 2.95. The van der Waals surface area contributed by atoms with Gasteiger partial charge in [-0.2, -0.15) is 0 Å². The van der Waals surface area contributed by atoms with Crippen molar-refractivity contribution >= 4 is 18.1 Å². The smallest absolute Gasteiger partial charge is 0.320 e. The van der Waals surface area contributed by atoms with Crippen LogP contribution in [0, 0.1) is 5.41 Å². The molecule has 7 N–H and O–H groups in total. The third kappa shape index (κ3) is 7.44. The number of hydrogen-bond donors (Lipinski definition) is 5. The quantitative estimate of drug-likeness (QED) is 0.195. The lowest BCUT2D eigenvalue weighted by Gasteiger charge is -2.11. The average molecular weight is 215 g/mol. The number of aliphatic imine (C=N–C) groups is 1. The van der Waals surface area contributed by atoms with Crippen molar-refractivity contribution in [3.8, 4) is 0 Å². The van der Waals surface area contributed by atoms with Gasteiger partial charge in [0.1, 0.15) is 6.04 Å². The summed E-state index contributed by atoms with van der Waals surface area (Å²) in [7, 11) is 0. The number of carbonyl (C=O) groups is 1. The fourth-order valence-electron chi connectivity index (χ4n) is 1.02. The minimum absolute atomic E-state index is 0.00863. The van der Waals surface area contributed by atoms with E-state index in [9.17, 15) is 4.79 Å². The third-order valence-corrected chi connectivity index (χ3v) is 1.71. The molecule has 0 amide bonds. The molecule has 0 aliphatic rings. The number of carboxylic acid groups (broad SMARTS) is 1. The second-order valence-corrected chi connectivity index (χ2v) is 2.95. The molecule has 86 valence electrons. The van der Waals surface area contributed by atoms with Crippen LogP contribution in [-0.2, 0) is 4.79 Å². The first kappa shape index (κ1) is 13.4. The molecule has 0 spiro atoms. The van der Waals surface area contributed by atoms with Gasteiger partial charge in [0.25, 0.3) is 0 Å². The van der Waals surface area contributed by atoms with Crippen molar-refractivity contribution in [2.45, 2.75) is 18.9 Å². The number of rotatable bonds is 8. The number of nitrogens with one attached hydrogen (secondary N) is 2. The van der Waals surface area contributed by atoms with Gasteiger partial charge < -0.3 is 22.0 Å². The molecule has 0 heterocycles. The van der Waals surface area contributed by atoms with E-state index in [0.717, 1.165) is 6.21 Å². The van der Waals surface area contributed by atoms with Crippen molar-refractivity contribution in [1.82, 2.24) is 5.32 Å². The highest BCUT2D eigenvalue weighted by atomic mass is 16.4. The van der Waals surface area contributed by atoms with E-state index >= 15 is 0 Å². The van der Waals surface area contributed by atoms with E-state index in [1.807, 2.05) is 0 Å². The molecule has 0 fully saturated rings. The van der Waals surface area contributed by atoms with Gasteiger partial charge in [0.2, 0.25) is 0 Å². The van der Waals surface area contributed by atoms with Crippen LogP contribution in [0.25, 0.3) is 0 Å². The average Bonchev–Trinajstić information content (AvgIpc) is 2.15. The molecule has 0 aromatic carbocycles. The lowest BCUT2D eigenvalue weighted by atomic mass is 10.1. The lowest BCUT2D eigenvalue weighted by Crippen LogP contribution is -2.37. The van der Waals surface area contributed by atoms with Crippen molar-refractivity contribution in [3.63, 3.8) is 0 Å². The van der Waals surface area contributed by atoms with E-state index in [2.05, 4.69) is 10.3 Å². The molecule has 0 aromatic heterocycles. The zero-order valence-electron chi connectivity index (χ0n) is 8.44. The molecule has 15 heavy (non-hydrogen) atoms. The SMILES string of the molecule is N=CCN[C@@H](CCCN=C(N)N)C(=O)O. The molecule has 0 rings (SSSR count). The minimum atomic E-state index is -0.929. The van der Waals surface area contributed by atoms with Gasteiger partial charge >= 0.3 is 5.97 Å². The number of carboxylic acids is 1. The van der Waals surface area contributed by atoms with E-state index < -0.39 is 12.0 Å². The highest BCUT2D eigenvalue weighted by Crippen LogP contribution is 1.97. The highest BCUT2D eigenvalue weighted by Gasteiger charge is 2.14. The Morgan fingerprint density at radius 2 is 2.27 bits per heavy atom. The monoisotopic (exact) mass is 215 g/mol. The van der Waals surface area contributed by atoms with Crippen LogP contribution in [0.2, 0.25) is 0 Å². The molecule has 7 nitrogen and oxygen atoms in total. The summed E-state index contributed by atoms with van der Waals surface area (Å²) < 4.78 is 0. The van der Waals surface area contributed by atoms with E-state index in [1.165, 1.54) is 0 Å². The van der Waals surface area contributed by atoms with Gasteiger partial charge in [-0.05, 0) is 12.8 Å². The highest BCUT2D eigenvalue weighted by molar-refractivity contribution is 5.75. The van der Waals surface area contributed by atoms with Crippen LogP contribution in [0.15, 0.2) is 4.99 Å². The summed E-state index contributed by atoms with van der Waals surface area (Å²) in [6.07, 6.45) is 2.13. The van der Waals surface area contributed by atoms with Crippen molar-refractivity contribution in [2.24, 2.45) is 16.5 Å². The standard InChI is InChI=1S/C8H17N5O2/c9-3-5-12-6(7(14)15)2-1-4-13-8(10)11/h3,6,9,12H,1-2,4-5H2,(H,14,15)(H4,10,11,13)/t6-/m0/s1. The number of guanidine groups is 1. The Bertz CT molecular complexity index is 237. The number of aliphatic carboxylic acids is 1. The summed E-state index contributed by atoms with van der Waals surface area (Å²) in [5, 5.41) is 18.3. The van der Waals surface area contributed by atoms with Crippen molar-refractivity contribution < 1.29 is 9.90 Å². The molecule has 7 heteroatoms. The Balaban J connectivity index is 3.80. The van der Waals surface area contributed by atoms with Gasteiger partial charge in [0.05, 0.1) is 0 Å². The van der Waals surface area contributed by atoms with Crippen LogP contribution in [0.1, 0.15) is 12.8 Å². The van der Waals surface area contributed by atoms with Gasteiger partial charge in [0.15, 0.2) is 5.96 Å². The Morgan fingerprint density at radius 3 is 2.73 bits per heavy atom. The summed E-state index contributed by atoms with van der Waals surface area (Å²) in [5.74, 6) is -0.920. The predicted molar refractivity (Wildman–Crippen MR) is 58.1 cm³/mol. The van der Waals surface area contributed by atoms with Crippen LogP contribution in [0.4, 0.5) is 0 Å². The van der Waals surface area contributed by atoms with Gasteiger partial charge in [-0.15, -0.1) is 0 Å². The molecule has 0 aliphatic carbocycles. The zero-order chi connectivity index (χ0) is 11.7. The molecule has 0 aliphatic heterocycles. The summed E-state index contributed by atoms with van der Waals surface area (Å²) in [5.41, 5.74) is 10.2. The van der Waals surface area contributed by atoms with Gasteiger partial charge in [-0.25, -0.2) is 0 Å². The second kappa shape index (κ2) is 7.74. The molecule has 0 bridgehead atoms. The molecule has 0 radical (unpaired) electrons. The van der Waals surface area contributed by atoms with Crippen LogP contribution < -0.4 is 16.8 Å². The van der Waals surface area contributed by atoms with Crippen LogP contribution in [0.5, 0.6) is 0 Å². The van der Waals surface area contributed by atoms with Crippen molar-refractivity contribution in [2.75, 3.05) is 13.1 Å². The number of nitrogens with zero attached hydrogens (tertiary/aromatic N) is 1. The first-order chi connectivity index (χ1) is 7.07. The Labute approximate surface area is 88.1 Å². The topological polar surface area (TPSA) is 138 Å². The van der Waals surface area contributed by atoms with E-state index in [0.29, 0.717) is 19.4 Å². The maximum absolute atomic E-state index is 10.7. The molecular weight excluding hydrogens is 198 g/mol. The van der Waals surface area contributed by atoms with Crippen LogP contribution in [-0.4, -0.2) is 42.4 Å². The third-order valence-electron chi connectivity index (χ3n) is 1.71. The first-order valence-corrected chi connectivity index (χ1v) is 4.58. The van der Waals surface area contributed by atoms with Gasteiger partial charge in [-0.1, -0.05) is 0 Å². The Kier molecular flexibility index (Phi) is 6.90. The zero-order valence-corrected chi connectivity index (χ0v) is 8.44. The van der Waals surface area contributed by atoms with Crippen molar-refractivity contribution in [3.05, 3.63) is 0 Å². The molecular formula is C8H17N5O2. The summed E-state index contributed by atoms with van der Waals surface area (Å²) in [6, 6.07) is -0.652. The molecule has 0 saturated carbocycles. The normalized spacial score (nSPS) is 11.7. The summed E-state index contributed by atoms with van der Waals surface area (Å²) in [4.78, 5) is 14.5. The molecule has 0 aromatic rings. The largest absolute Gasteiger partial charge is 0.480 e. The molecule has 1 atom stereocenters. The molecule has 0 saturated heterocycles. The fraction of sp³-hybridized carbons (Fsp3) is 0.625. The van der Waals surface area contributed by atoms with Crippen molar-refractivity contribution in [1.29, 1.82) is 5.41 Å². The number of nitrogens with two attached hydrogens (primary N) is 2.